The average molecular weight is 330 g/mol. The maximum absolute atomic E-state index is 6.06. The Kier molecular flexibility index (Phi) is 4.89. The van der Waals surface area contributed by atoms with Gasteiger partial charge >= 0.3 is 0 Å². The minimum atomic E-state index is 0.439. The highest BCUT2D eigenvalue weighted by atomic mass is 15.0. The Hall–Kier alpha value is -3.41. The van der Waals surface area contributed by atoms with E-state index in [1.807, 2.05) is 24.3 Å². The first-order valence-corrected chi connectivity index (χ1v) is 7.83. The number of aromatic nitrogens is 3. The van der Waals surface area contributed by atoms with Crippen molar-refractivity contribution in [3.63, 3.8) is 0 Å². The Morgan fingerprint density at radius 2 is 1.96 bits per heavy atom. The molecule has 0 saturated carbocycles. The Balaban J connectivity index is 1.77. The van der Waals surface area contributed by atoms with Gasteiger partial charge in [0, 0.05) is 24.4 Å². The summed E-state index contributed by atoms with van der Waals surface area (Å²) in [5.41, 5.74) is 10.1. The summed E-state index contributed by atoms with van der Waals surface area (Å²) in [4.78, 5) is 21.6. The van der Waals surface area contributed by atoms with E-state index >= 15 is 0 Å². The highest BCUT2D eigenvalue weighted by Crippen LogP contribution is 2.29. The normalized spacial score (nSPS) is 11.4. The number of nitrogens with zero attached hydrogens (tertiary/aromatic N) is 5. The van der Waals surface area contributed by atoms with Crippen molar-refractivity contribution >= 4 is 41.2 Å². The molecule has 3 aromatic rings. The van der Waals surface area contributed by atoms with Gasteiger partial charge in [0.2, 0.25) is 0 Å². The molecule has 0 fully saturated rings. The second-order valence-corrected chi connectivity index (χ2v) is 5.39. The quantitative estimate of drug-likeness (QED) is 0.552. The molecule has 25 heavy (non-hydrogen) atoms. The van der Waals surface area contributed by atoms with Gasteiger partial charge in [0.1, 0.15) is 11.5 Å². The van der Waals surface area contributed by atoms with Crippen molar-refractivity contribution in [3.05, 3.63) is 60.6 Å². The van der Waals surface area contributed by atoms with Crippen molar-refractivity contribution in [1.29, 1.82) is 0 Å². The molecule has 0 aliphatic rings. The van der Waals surface area contributed by atoms with Gasteiger partial charge in [0.25, 0.3) is 0 Å². The van der Waals surface area contributed by atoms with Crippen LogP contribution in [0.3, 0.4) is 0 Å². The third-order valence-corrected chi connectivity index (χ3v) is 3.70. The maximum Gasteiger partial charge on any atom is 0.180 e. The van der Waals surface area contributed by atoms with Gasteiger partial charge in [-0.25, -0.2) is 15.0 Å². The summed E-state index contributed by atoms with van der Waals surface area (Å²) < 4.78 is 0. The summed E-state index contributed by atoms with van der Waals surface area (Å²) in [6.07, 6.45) is 6.29. The number of aliphatic imine (C=N–C) groups is 2. The van der Waals surface area contributed by atoms with Gasteiger partial charge in [-0.3, -0.25) is 9.98 Å². The summed E-state index contributed by atoms with van der Waals surface area (Å²) in [5, 5.41) is 0. The monoisotopic (exact) mass is 330 g/mol. The number of para-hydroxylation sites is 2. The number of hydrogen-bond acceptors (Lipinski definition) is 5. The van der Waals surface area contributed by atoms with E-state index in [-0.39, 0.29) is 0 Å². The van der Waals surface area contributed by atoms with E-state index in [1.54, 1.807) is 24.5 Å². The molecule has 0 radical (unpaired) electrons. The molecule has 2 N–H and O–H groups in total. The molecule has 0 spiro atoms. The third-order valence-electron chi connectivity index (χ3n) is 3.70. The Morgan fingerprint density at radius 1 is 1.16 bits per heavy atom. The molecular formula is C19H18N6. The van der Waals surface area contributed by atoms with Gasteiger partial charge in [0.15, 0.2) is 5.82 Å². The molecule has 0 amide bonds. The molecule has 3 rings (SSSR count). The molecule has 0 unspecified atom stereocenters. The van der Waals surface area contributed by atoms with Crippen molar-refractivity contribution in [2.24, 2.45) is 15.7 Å². The van der Waals surface area contributed by atoms with Crippen molar-refractivity contribution < 1.29 is 0 Å². The van der Waals surface area contributed by atoms with E-state index in [4.69, 9.17) is 5.73 Å². The number of aryl methyl sites for hydroxylation is 1. The van der Waals surface area contributed by atoms with Crippen LogP contribution in [0.4, 0.5) is 11.5 Å². The minimum absolute atomic E-state index is 0.439. The standard InChI is InChI=1S/C19H18N6/c1-3-13-10-11-22-19(18(13)21-2)25-17(20)9-8-14-12-23-15-6-4-5-7-16(15)24-14/h3-7,10-12H,1-2,8-9H2,(H2,20,22,25). The summed E-state index contributed by atoms with van der Waals surface area (Å²) in [6.45, 7) is 7.31. The topological polar surface area (TPSA) is 89.4 Å². The number of rotatable bonds is 6. The number of pyridine rings is 1. The van der Waals surface area contributed by atoms with Gasteiger partial charge in [-0.05, 0) is 31.3 Å². The van der Waals surface area contributed by atoms with Crippen molar-refractivity contribution in [2.45, 2.75) is 12.8 Å². The smallest absolute Gasteiger partial charge is 0.180 e. The number of benzene rings is 1. The van der Waals surface area contributed by atoms with Crippen LogP contribution >= 0.6 is 0 Å². The molecule has 1 aromatic carbocycles. The first-order valence-electron chi connectivity index (χ1n) is 7.83. The van der Waals surface area contributed by atoms with Gasteiger partial charge in [-0.1, -0.05) is 24.8 Å². The van der Waals surface area contributed by atoms with Crippen LogP contribution in [-0.2, 0) is 6.42 Å². The van der Waals surface area contributed by atoms with Crippen molar-refractivity contribution in [1.82, 2.24) is 15.0 Å². The SMILES string of the molecule is C=Cc1ccnc(N=C(N)CCc2cnc3ccccc3n2)c1N=C. The largest absolute Gasteiger partial charge is 0.387 e. The fourth-order valence-corrected chi connectivity index (χ4v) is 2.43. The van der Waals surface area contributed by atoms with Crippen LogP contribution in [-0.4, -0.2) is 27.5 Å². The van der Waals surface area contributed by atoms with Crippen LogP contribution in [0.2, 0.25) is 0 Å². The van der Waals surface area contributed by atoms with E-state index in [2.05, 4.69) is 38.2 Å². The summed E-state index contributed by atoms with van der Waals surface area (Å²) in [6, 6.07) is 9.56. The number of amidine groups is 1. The predicted octanol–water partition coefficient (Wildman–Crippen LogP) is 3.62. The average Bonchev–Trinajstić information content (AvgIpc) is 2.66. The Bertz CT molecular complexity index is 961. The highest BCUT2D eigenvalue weighted by molar-refractivity contribution is 5.86. The summed E-state index contributed by atoms with van der Waals surface area (Å²) in [7, 11) is 0. The van der Waals surface area contributed by atoms with E-state index in [0.29, 0.717) is 30.2 Å². The first kappa shape index (κ1) is 16.4. The van der Waals surface area contributed by atoms with Crippen LogP contribution in [0.25, 0.3) is 17.1 Å². The summed E-state index contributed by atoms with van der Waals surface area (Å²) >= 11 is 0. The number of hydrogen-bond donors (Lipinski definition) is 1. The molecule has 6 nitrogen and oxygen atoms in total. The maximum atomic E-state index is 6.06. The fraction of sp³-hybridized carbons (Fsp3) is 0.105. The fourth-order valence-electron chi connectivity index (χ4n) is 2.43. The van der Waals surface area contributed by atoms with Gasteiger partial charge in [-0.15, -0.1) is 0 Å². The number of nitrogens with two attached hydrogens (primary N) is 1. The molecule has 0 atom stereocenters. The molecule has 0 saturated heterocycles. The highest BCUT2D eigenvalue weighted by Gasteiger charge is 2.07. The first-order chi connectivity index (χ1) is 12.2. The molecule has 6 heteroatoms. The van der Waals surface area contributed by atoms with Crippen molar-refractivity contribution in [3.8, 4) is 0 Å². The lowest BCUT2D eigenvalue weighted by atomic mass is 10.2. The third kappa shape index (κ3) is 3.74. The molecule has 0 aliphatic carbocycles. The molecular weight excluding hydrogens is 312 g/mol. The van der Waals surface area contributed by atoms with Gasteiger partial charge in [-0.2, -0.15) is 0 Å². The van der Waals surface area contributed by atoms with Crippen LogP contribution in [0.1, 0.15) is 17.7 Å². The number of fused-ring (bicyclic) bond motifs is 1. The van der Waals surface area contributed by atoms with E-state index in [9.17, 15) is 0 Å². The lowest BCUT2D eigenvalue weighted by Crippen LogP contribution is -2.13. The lowest BCUT2D eigenvalue weighted by Gasteiger charge is -2.05. The minimum Gasteiger partial charge on any atom is -0.387 e. The molecule has 0 bridgehead atoms. The van der Waals surface area contributed by atoms with Crippen LogP contribution in [0, 0.1) is 0 Å². The van der Waals surface area contributed by atoms with Gasteiger partial charge < -0.3 is 5.73 Å². The lowest BCUT2D eigenvalue weighted by molar-refractivity contribution is 0.959. The van der Waals surface area contributed by atoms with E-state index < -0.39 is 0 Å². The molecule has 124 valence electrons. The molecule has 0 aliphatic heterocycles. The zero-order chi connectivity index (χ0) is 17.6. The second kappa shape index (κ2) is 7.44. The van der Waals surface area contributed by atoms with E-state index in [1.165, 1.54) is 0 Å². The zero-order valence-electron chi connectivity index (χ0n) is 13.8. The molecule has 2 aromatic heterocycles. The predicted molar refractivity (Wildman–Crippen MR) is 103 cm³/mol. The Labute approximate surface area is 145 Å². The molecule has 2 heterocycles. The van der Waals surface area contributed by atoms with Crippen LogP contribution < -0.4 is 5.73 Å². The van der Waals surface area contributed by atoms with E-state index in [0.717, 1.165) is 22.3 Å². The van der Waals surface area contributed by atoms with Gasteiger partial charge in [0.05, 0.1) is 16.7 Å². The Morgan fingerprint density at radius 3 is 2.72 bits per heavy atom. The van der Waals surface area contributed by atoms with Crippen LogP contribution in [0.15, 0.2) is 59.3 Å². The van der Waals surface area contributed by atoms with Crippen molar-refractivity contribution in [2.75, 3.05) is 0 Å². The van der Waals surface area contributed by atoms with Crippen LogP contribution in [0.5, 0.6) is 0 Å². The summed E-state index contributed by atoms with van der Waals surface area (Å²) in [5.74, 6) is 0.892. The zero-order valence-corrected chi connectivity index (χ0v) is 13.8. The second-order valence-electron chi connectivity index (χ2n) is 5.39.